The predicted octanol–water partition coefficient (Wildman–Crippen LogP) is 3.57. The molecule has 0 radical (unpaired) electrons. The SMILES string of the molecule is CCCCCNC(=NCC1CCCOC1C(C)(C)C)NCC. The maximum atomic E-state index is 6.05. The molecule has 0 saturated carbocycles. The zero-order chi connectivity index (χ0) is 16.4. The summed E-state index contributed by atoms with van der Waals surface area (Å²) < 4.78 is 6.05. The molecule has 1 aliphatic rings. The Labute approximate surface area is 137 Å². The van der Waals surface area contributed by atoms with E-state index in [4.69, 9.17) is 9.73 Å². The number of unbranched alkanes of at least 4 members (excludes halogenated alkanes) is 2. The maximum Gasteiger partial charge on any atom is 0.191 e. The van der Waals surface area contributed by atoms with Crippen molar-refractivity contribution in [2.24, 2.45) is 16.3 Å². The maximum absolute atomic E-state index is 6.05. The molecule has 130 valence electrons. The van der Waals surface area contributed by atoms with E-state index in [2.05, 4.69) is 45.3 Å². The zero-order valence-corrected chi connectivity index (χ0v) is 15.4. The molecule has 22 heavy (non-hydrogen) atoms. The van der Waals surface area contributed by atoms with Crippen LogP contribution >= 0.6 is 0 Å². The molecule has 1 heterocycles. The van der Waals surface area contributed by atoms with Crippen molar-refractivity contribution in [1.82, 2.24) is 10.6 Å². The summed E-state index contributed by atoms with van der Waals surface area (Å²) in [5.74, 6) is 1.48. The molecule has 0 aromatic carbocycles. The Bertz CT molecular complexity index is 323. The topological polar surface area (TPSA) is 45.7 Å². The van der Waals surface area contributed by atoms with E-state index in [0.717, 1.165) is 38.6 Å². The van der Waals surface area contributed by atoms with Crippen molar-refractivity contribution in [2.75, 3.05) is 26.2 Å². The van der Waals surface area contributed by atoms with E-state index in [9.17, 15) is 0 Å². The van der Waals surface area contributed by atoms with Crippen molar-refractivity contribution in [3.05, 3.63) is 0 Å². The minimum atomic E-state index is 0.188. The van der Waals surface area contributed by atoms with Gasteiger partial charge in [-0.3, -0.25) is 4.99 Å². The van der Waals surface area contributed by atoms with E-state index in [1.54, 1.807) is 0 Å². The number of ether oxygens (including phenoxy) is 1. The van der Waals surface area contributed by atoms with Gasteiger partial charge >= 0.3 is 0 Å². The average molecular weight is 312 g/mol. The van der Waals surface area contributed by atoms with E-state index >= 15 is 0 Å². The van der Waals surface area contributed by atoms with Gasteiger partial charge in [0.25, 0.3) is 0 Å². The van der Waals surface area contributed by atoms with Crippen LogP contribution in [0.3, 0.4) is 0 Å². The number of hydrogen-bond donors (Lipinski definition) is 2. The fraction of sp³-hybridized carbons (Fsp3) is 0.944. The van der Waals surface area contributed by atoms with Crippen LogP contribution in [0.1, 0.15) is 66.7 Å². The molecule has 0 bridgehead atoms. The lowest BCUT2D eigenvalue weighted by molar-refractivity contribution is -0.0823. The molecule has 0 aromatic rings. The Hall–Kier alpha value is -0.770. The number of aliphatic imine (C=N–C) groups is 1. The van der Waals surface area contributed by atoms with Gasteiger partial charge in [-0.05, 0) is 31.6 Å². The molecule has 4 nitrogen and oxygen atoms in total. The molecular weight excluding hydrogens is 274 g/mol. The largest absolute Gasteiger partial charge is 0.377 e. The lowest BCUT2D eigenvalue weighted by atomic mass is 9.78. The first-order chi connectivity index (χ1) is 10.5. The van der Waals surface area contributed by atoms with Crippen molar-refractivity contribution in [2.45, 2.75) is 72.8 Å². The van der Waals surface area contributed by atoms with Crippen LogP contribution < -0.4 is 10.6 Å². The van der Waals surface area contributed by atoms with E-state index in [1.807, 2.05) is 0 Å². The highest BCUT2D eigenvalue weighted by Crippen LogP contribution is 2.34. The zero-order valence-electron chi connectivity index (χ0n) is 15.4. The molecule has 2 N–H and O–H groups in total. The van der Waals surface area contributed by atoms with Gasteiger partial charge < -0.3 is 15.4 Å². The number of nitrogens with one attached hydrogen (secondary N) is 2. The molecule has 0 aromatic heterocycles. The Morgan fingerprint density at radius 1 is 1.18 bits per heavy atom. The summed E-state index contributed by atoms with van der Waals surface area (Å²) in [6.45, 7) is 14.8. The molecule has 0 spiro atoms. The lowest BCUT2D eigenvalue weighted by Gasteiger charge is -2.39. The first-order valence-electron chi connectivity index (χ1n) is 9.12. The first-order valence-corrected chi connectivity index (χ1v) is 9.12. The van der Waals surface area contributed by atoms with Gasteiger partial charge in [-0.2, -0.15) is 0 Å². The van der Waals surface area contributed by atoms with Crippen molar-refractivity contribution in [3.8, 4) is 0 Å². The molecule has 1 fully saturated rings. The smallest absolute Gasteiger partial charge is 0.191 e. The van der Waals surface area contributed by atoms with E-state index in [-0.39, 0.29) is 5.41 Å². The number of nitrogens with zero attached hydrogens (tertiary/aromatic N) is 1. The minimum absolute atomic E-state index is 0.188. The summed E-state index contributed by atoms with van der Waals surface area (Å²) in [5.41, 5.74) is 0.188. The standard InChI is InChI=1S/C18H37N3O/c1-6-8-9-12-20-17(19-7-2)21-14-15-11-10-13-22-16(15)18(3,4)5/h15-16H,6-14H2,1-5H3,(H2,19,20,21). The van der Waals surface area contributed by atoms with Gasteiger partial charge in [0.15, 0.2) is 5.96 Å². The molecular formula is C18H37N3O. The van der Waals surface area contributed by atoms with Gasteiger partial charge in [-0.1, -0.05) is 40.5 Å². The van der Waals surface area contributed by atoms with Crippen LogP contribution in [0.25, 0.3) is 0 Å². The number of hydrogen-bond acceptors (Lipinski definition) is 2. The molecule has 2 atom stereocenters. The minimum Gasteiger partial charge on any atom is -0.377 e. The van der Waals surface area contributed by atoms with Crippen LogP contribution in [-0.2, 0) is 4.74 Å². The average Bonchev–Trinajstić information content (AvgIpc) is 2.48. The number of guanidine groups is 1. The first kappa shape index (κ1) is 19.3. The van der Waals surface area contributed by atoms with E-state index in [0.29, 0.717) is 12.0 Å². The van der Waals surface area contributed by atoms with Crippen LogP contribution in [0.5, 0.6) is 0 Å². The predicted molar refractivity (Wildman–Crippen MR) is 95.4 cm³/mol. The van der Waals surface area contributed by atoms with Gasteiger partial charge in [0.1, 0.15) is 0 Å². The Morgan fingerprint density at radius 3 is 2.59 bits per heavy atom. The van der Waals surface area contributed by atoms with Crippen LogP contribution in [-0.4, -0.2) is 38.3 Å². The third-order valence-electron chi connectivity index (χ3n) is 4.20. The van der Waals surface area contributed by atoms with Crippen LogP contribution in [0.15, 0.2) is 4.99 Å². The Balaban J connectivity index is 2.54. The van der Waals surface area contributed by atoms with Gasteiger partial charge in [-0.15, -0.1) is 0 Å². The van der Waals surface area contributed by atoms with E-state index < -0.39 is 0 Å². The second kappa shape index (κ2) is 10.1. The molecule has 4 heteroatoms. The number of rotatable bonds is 7. The molecule has 0 amide bonds. The summed E-state index contributed by atoms with van der Waals surface area (Å²) in [6.07, 6.45) is 6.43. The van der Waals surface area contributed by atoms with Crippen LogP contribution in [0.2, 0.25) is 0 Å². The third-order valence-corrected chi connectivity index (χ3v) is 4.20. The fourth-order valence-electron chi connectivity index (χ4n) is 3.12. The molecule has 1 rings (SSSR count). The van der Waals surface area contributed by atoms with Gasteiger partial charge in [-0.25, -0.2) is 0 Å². The monoisotopic (exact) mass is 311 g/mol. The third kappa shape index (κ3) is 6.99. The van der Waals surface area contributed by atoms with Crippen molar-refractivity contribution >= 4 is 5.96 Å². The fourth-order valence-corrected chi connectivity index (χ4v) is 3.12. The summed E-state index contributed by atoms with van der Waals surface area (Å²) in [6, 6.07) is 0. The Morgan fingerprint density at radius 2 is 1.95 bits per heavy atom. The molecule has 0 aliphatic carbocycles. The van der Waals surface area contributed by atoms with Crippen molar-refractivity contribution < 1.29 is 4.74 Å². The van der Waals surface area contributed by atoms with Gasteiger partial charge in [0.2, 0.25) is 0 Å². The summed E-state index contributed by atoms with van der Waals surface area (Å²) in [4.78, 5) is 4.81. The van der Waals surface area contributed by atoms with Gasteiger partial charge in [0.05, 0.1) is 6.10 Å². The molecule has 1 saturated heterocycles. The molecule has 2 unspecified atom stereocenters. The summed E-state index contributed by atoms with van der Waals surface area (Å²) in [5, 5.41) is 6.80. The van der Waals surface area contributed by atoms with Gasteiger partial charge in [0, 0.05) is 32.2 Å². The normalized spacial score (nSPS) is 23.4. The Kier molecular flexibility index (Phi) is 8.84. The quantitative estimate of drug-likeness (QED) is 0.429. The van der Waals surface area contributed by atoms with E-state index in [1.165, 1.54) is 25.7 Å². The van der Waals surface area contributed by atoms with Crippen molar-refractivity contribution in [1.29, 1.82) is 0 Å². The lowest BCUT2D eigenvalue weighted by Crippen LogP contribution is -2.42. The molecule has 1 aliphatic heterocycles. The van der Waals surface area contributed by atoms with Crippen LogP contribution in [0, 0.1) is 11.3 Å². The highest BCUT2D eigenvalue weighted by Gasteiger charge is 2.35. The highest BCUT2D eigenvalue weighted by atomic mass is 16.5. The second-order valence-corrected chi connectivity index (χ2v) is 7.41. The van der Waals surface area contributed by atoms with Crippen LogP contribution in [0.4, 0.5) is 0 Å². The highest BCUT2D eigenvalue weighted by molar-refractivity contribution is 5.79. The summed E-state index contributed by atoms with van der Waals surface area (Å²) in [7, 11) is 0. The van der Waals surface area contributed by atoms with Crippen molar-refractivity contribution in [3.63, 3.8) is 0 Å². The summed E-state index contributed by atoms with van der Waals surface area (Å²) >= 11 is 0. The second-order valence-electron chi connectivity index (χ2n) is 7.41.